The third-order valence-electron chi connectivity index (χ3n) is 0.955. The number of rotatable bonds is 2. The molecule has 0 aliphatic rings. The van der Waals surface area contributed by atoms with Gasteiger partial charge in [0.05, 0.1) is 6.54 Å². The number of halogens is 1. The van der Waals surface area contributed by atoms with E-state index in [1.165, 1.54) is 0 Å². The van der Waals surface area contributed by atoms with Crippen molar-refractivity contribution in [1.82, 2.24) is 0 Å². The molecule has 3 heteroatoms. The number of carbonyl (C=O) groups is 1. The molecule has 0 radical (unpaired) electrons. The molecular formula is C7H16ClNO. The molecule has 0 rings (SSSR count). The molecule has 0 aliphatic carbocycles. The molecular weight excluding hydrogens is 150 g/mol. The van der Waals surface area contributed by atoms with Gasteiger partial charge in [-0.05, 0) is 5.41 Å². The first kappa shape index (κ1) is 12.6. The number of hydrogen-bond donors (Lipinski definition) is 1. The summed E-state index contributed by atoms with van der Waals surface area (Å²) in [6.45, 7) is 6.26. The third kappa shape index (κ3) is 7.92. The van der Waals surface area contributed by atoms with Crippen LogP contribution in [-0.4, -0.2) is 12.3 Å². The first-order valence-corrected chi connectivity index (χ1v) is 3.17. The number of nitrogens with two attached hydrogens (primary N) is 1. The summed E-state index contributed by atoms with van der Waals surface area (Å²) in [5.74, 6) is 0.141. The van der Waals surface area contributed by atoms with Gasteiger partial charge in [0.15, 0.2) is 0 Å². The Kier molecular flexibility index (Phi) is 5.90. The van der Waals surface area contributed by atoms with Crippen molar-refractivity contribution in [3.63, 3.8) is 0 Å². The molecule has 0 amide bonds. The van der Waals surface area contributed by atoms with E-state index < -0.39 is 0 Å². The second kappa shape index (κ2) is 4.69. The van der Waals surface area contributed by atoms with Crippen molar-refractivity contribution in [2.24, 2.45) is 11.1 Å². The molecule has 2 nitrogen and oxygen atoms in total. The molecule has 2 N–H and O–H groups in total. The normalized spacial score (nSPS) is 10.4. The zero-order chi connectivity index (χ0) is 7.49. The van der Waals surface area contributed by atoms with Crippen LogP contribution >= 0.6 is 12.4 Å². The molecule has 0 spiro atoms. The van der Waals surface area contributed by atoms with E-state index in [1.807, 2.05) is 20.8 Å². The molecule has 0 bridgehead atoms. The van der Waals surface area contributed by atoms with Gasteiger partial charge in [-0.3, -0.25) is 4.79 Å². The standard InChI is InChI=1S/C7H15NO.ClH/c1-7(2,3)4-6(9)5-8;/h4-5,8H2,1-3H3;1H. The van der Waals surface area contributed by atoms with Gasteiger partial charge in [0.2, 0.25) is 0 Å². The molecule has 0 aliphatic heterocycles. The molecule has 0 saturated carbocycles. The minimum atomic E-state index is 0. The number of carbonyl (C=O) groups excluding carboxylic acids is 1. The fraction of sp³-hybridized carbons (Fsp3) is 0.857. The van der Waals surface area contributed by atoms with Crippen LogP contribution in [0.5, 0.6) is 0 Å². The van der Waals surface area contributed by atoms with Gasteiger partial charge in [0, 0.05) is 6.42 Å². The summed E-state index contributed by atoms with van der Waals surface area (Å²) in [4.78, 5) is 10.7. The average molecular weight is 166 g/mol. The smallest absolute Gasteiger partial charge is 0.146 e. The Bertz CT molecular complexity index is 107. The summed E-state index contributed by atoms with van der Waals surface area (Å²) in [5, 5.41) is 0. The van der Waals surface area contributed by atoms with Crippen LogP contribution in [0.15, 0.2) is 0 Å². The van der Waals surface area contributed by atoms with E-state index in [4.69, 9.17) is 5.73 Å². The fourth-order valence-electron chi connectivity index (χ4n) is 0.664. The van der Waals surface area contributed by atoms with Crippen LogP contribution in [0.1, 0.15) is 27.2 Å². The van der Waals surface area contributed by atoms with Gasteiger partial charge in [0.1, 0.15) is 5.78 Å². The van der Waals surface area contributed by atoms with Crippen LogP contribution in [0, 0.1) is 5.41 Å². The minimum Gasteiger partial charge on any atom is -0.324 e. The Morgan fingerprint density at radius 3 is 1.90 bits per heavy atom. The predicted octanol–water partition coefficient (Wildman–Crippen LogP) is 1.37. The summed E-state index contributed by atoms with van der Waals surface area (Å²) < 4.78 is 0. The molecule has 0 aromatic carbocycles. The van der Waals surface area contributed by atoms with E-state index in [0.717, 1.165) is 0 Å². The van der Waals surface area contributed by atoms with E-state index in [-0.39, 0.29) is 30.2 Å². The highest BCUT2D eigenvalue weighted by Gasteiger charge is 2.13. The molecule has 62 valence electrons. The van der Waals surface area contributed by atoms with Crippen molar-refractivity contribution < 1.29 is 4.79 Å². The van der Waals surface area contributed by atoms with Gasteiger partial charge in [-0.2, -0.15) is 0 Å². The van der Waals surface area contributed by atoms with E-state index in [9.17, 15) is 4.79 Å². The number of ketones is 1. The number of hydrogen-bond acceptors (Lipinski definition) is 2. The molecule has 0 unspecified atom stereocenters. The largest absolute Gasteiger partial charge is 0.324 e. The van der Waals surface area contributed by atoms with Crippen LogP contribution in [-0.2, 0) is 4.79 Å². The van der Waals surface area contributed by atoms with Crippen molar-refractivity contribution in [2.75, 3.05) is 6.54 Å². The lowest BCUT2D eigenvalue weighted by Gasteiger charge is -2.15. The van der Waals surface area contributed by atoms with E-state index >= 15 is 0 Å². The lowest BCUT2D eigenvalue weighted by Crippen LogP contribution is -2.20. The highest BCUT2D eigenvalue weighted by Crippen LogP contribution is 2.17. The Labute approximate surface area is 68.6 Å². The van der Waals surface area contributed by atoms with Crippen LogP contribution in [0.3, 0.4) is 0 Å². The molecule has 0 fully saturated rings. The highest BCUT2D eigenvalue weighted by molar-refractivity contribution is 5.85. The zero-order valence-electron chi connectivity index (χ0n) is 6.81. The summed E-state index contributed by atoms with van der Waals surface area (Å²) in [6, 6.07) is 0. The lowest BCUT2D eigenvalue weighted by molar-refractivity contribution is -0.119. The quantitative estimate of drug-likeness (QED) is 0.672. The Balaban J connectivity index is 0. The second-order valence-electron chi connectivity index (χ2n) is 3.48. The molecule has 0 aromatic heterocycles. The SMILES string of the molecule is CC(C)(C)CC(=O)CN.Cl. The van der Waals surface area contributed by atoms with E-state index in [0.29, 0.717) is 6.42 Å². The van der Waals surface area contributed by atoms with Crippen molar-refractivity contribution in [1.29, 1.82) is 0 Å². The molecule has 0 aromatic rings. The van der Waals surface area contributed by atoms with Crippen LogP contribution in [0.4, 0.5) is 0 Å². The van der Waals surface area contributed by atoms with Crippen molar-refractivity contribution in [3.8, 4) is 0 Å². The van der Waals surface area contributed by atoms with Gasteiger partial charge in [-0.1, -0.05) is 20.8 Å². The Hall–Kier alpha value is -0.0800. The first-order chi connectivity index (χ1) is 3.95. The second-order valence-corrected chi connectivity index (χ2v) is 3.48. The summed E-state index contributed by atoms with van der Waals surface area (Å²) in [6.07, 6.45) is 0.587. The third-order valence-corrected chi connectivity index (χ3v) is 0.955. The van der Waals surface area contributed by atoms with E-state index in [2.05, 4.69) is 0 Å². The maximum atomic E-state index is 10.7. The highest BCUT2D eigenvalue weighted by atomic mass is 35.5. The Morgan fingerprint density at radius 1 is 1.40 bits per heavy atom. The summed E-state index contributed by atoms with van der Waals surface area (Å²) in [7, 11) is 0. The monoisotopic (exact) mass is 165 g/mol. The van der Waals surface area contributed by atoms with Crippen LogP contribution < -0.4 is 5.73 Å². The first-order valence-electron chi connectivity index (χ1n) is 3.17. The summed E-state index contributed by atoms with van der Waals surface area (Å²) in [5.41, 5.74) is 5.22. The molecule has 0 heterocycles. The Morgan fingerprint density at radius 2 is 1.80 bits per heavy atom. The van der Waals surface area contributed by atoms with Crippen molar-refractivity contribution in [2.45, 2.75) is 27.2 Å². The molecule has 0 atom stereocenters. The molecule has 10 heavy (non-hydrogen) atoms. The van der Waals surface area contributed by atoms with Gasteiger partial charge in [-0.15, -0.1) is 12.4 Å². The summed E-state index contributed by atoms with van der Waals surface area (Å²) >= 11 is 0. The van der Waals surface area contributed by atoms with Crippen molar-refractivity contribution >= 4 is 18.2 Å². The lowest BCUT2D eigenvalue weighted by atomic mass is 9.90. The minimum absolute atomic E-state index is 0. The van der Waals surface area contributed by atoms with E-state index in [1.54, 1.807) is 0 Å². The van der Waals surface area contributed by atoms with Gasteiger partial charge >= 0.3 is 0 Å². The van der Waals surface area contributed by atoms with Gasteiger partial charge in [0.25, 0.3) is 0 Å². The maximum absolute atomic E-state index is 10.7. The van der Waals surface area contributed by atoms with Gasteiger partial charge in [-0.25, -0.2) is 0 Å². The molecule has 0 saturated heterocycles. The average Bonchev–Trinajstić information content (AvgIpc) is 1.62. The van der Waals surface area contributed by atoms with Crippen LogP contribution in [0.25, 0.3) is 0 Å². The van der Waals surface area contributed by atoms with Crippen LogP contribution in [0.2, 0.25) is 0 Å². The fourth-order valence-corrected chi connectivity index (χ4v) is 0.664. The van der Waals surface area contributed by atoms with Crippen molar-refractivity contribution in [3.05, 3.63) is 0 Å². The predicted molar refractivity (Wildman–Crippen MR) is 45.4 cm³/mol. The maximum Gasteiger partial charge on any atom is 0.146 e. The zero-order valence-corrected chi connectivity index (χ0v) is 7.62. The van der Waals surface area contributed by atoms with Gasteiger partial charge < -0.3 is 5.73 Å². The topological polar surface area (TPSA) is 43.1 Å². The number of Topliss-reactive ketones (excluding diaryl/α,β-unsaturated/α-hetero) is 1.